The van der Waals surface area contributed by atoms with E-state index >= 15 is 0 Å². The predicted molar refractivity (Wildman–Crippen MR) is 93.0 cm³/mol. The summed E-state index contributed by atoms with van der Waals surface area (Å²) >= 11 is 0. The Balaban J connectivity index is 1.55. The first-order valence-corrected chi connectivity index (χ1v) is 8.98. The van der Waals surface area contributed by atoms with Crippen LogP contribution in [0.25, 0.3) is 0 Å². The summed E-state index contributed by atoms with van der Waals surface area (Å²) in [5, 5.41) is 0. The molecule has 3 rings (SSSR count). The van der Waals surface area contributed by atoms with E-state index in [0.717, 1.165) is 51.9 Å². The average molecular weight is 329 g/mol. The molecule has 2 fully saturated rings. The Bertz CT molecular complexity index is 567. The molecule has 2 aliphatic heterocycles. The van der Waals surface area contributed by atoms with Gasteiger partial charge in [-0.15, -0.1) is 0 Å². The molecule has 0 bridgehead atoms. The number of carbonyl (C=O) groups is 2. The highest BCUT2D eigenvalue weighted by Crippen LogP contribution is 2.25. The van der Waals surface area contributed by atoms with Crippen LogP contribution in [0.3, 0.4) is 0 Å². The lowest BCUT2D eigenvalue weighted by atomic mass is 9.93. The zero-order valence-corrected chi connectivity index (χ0v) is 14.2. The molecule has 2 N–H and O–H groups in total. The number of rotatable bonds is 5. The van der Waals surface area contributed by atoms with E-state index in [1.165, 1.54) is 5.56 Å². The molecule has 0 spiro atoms. The number of nitrogens with zero attached hydrogens (tertiary/aromatic N) is 2. The van der Waals surface area contributed by atoms with Crippen LogP contribution in [0.2, 0.25) is 0 Å². The molecule has 2 amide bonds. The molecule has 0 unspecified atom stereocenters. The lowest BCUT2D eigenvalue weighted by Gasteiger charge is -2.35. The van der Waals surface area contributed by atoms with Crippen molar-refractivity contribution in [1.29, 1.82) is 0 Å². The second-order valence-electron chi connectivity index (χ2n) is 7.05. The average Bonchev–Trinajstić information content (AvgIpc) is 3.03. The second kappa shape index (κ2) is 7.79. The van der Waals surface area contributed by atoms with Crippen molar-refractivity contribution < 1.29 is 9.59 Å². The first-order chi connectivity index (χ1) is 11.6. The second-order valence-corrected chi connectivity index (χ2v) is 7.05. The minimum Gasteiger partial charge on any atom is -0.370 e. The molecule has 5 nitrogen and oxygen atoms in total. The van der Waals surface area contributed by atoms with Crippen molar-refractivity contribution in [3.63, 3.8) is 0 Å². The number of hydrogen-bond donors (Lipinski definition) is 1. The van der Waals surface area contributed by atoms with Gasteiger partial charge < -0.3 is 10.6 Å². The van der Waals surface area contributed by atoms with Gasteiger partial charge in [0.1, 0.15) is 0 Å². The summed E-state index contributed by atoms with van der Waals surface area (Å²) in [4.78, 5) is 28.3. The van der Waals surface area contributed by atoms with E-state index in [4.69, 9.17) is 5.73 Å². The summed E-state index contributed by atoms with van der Waals surface area (Å²) in [6.07, 6.45) is 4.26. The number of amides is 2. The molecular weight excluding hydrogens is 302 g/mol. The van der Waals surface area contributed by atoms with Gasteiger partial charge in [0, 0.05) is 26.1 Å². The van der Waals surface area contributed by atoms with Crippen molar-refractivity contribution in [2.75, 3.05) is 19.6 Å². The highest BCUT2D eigenvalue weighted by atomic mass is 16.2. The van der Waals surface area contributed by atoms with Crippen LogP contribution in [0.1, 0.15) is 37.7 Å². The van der Waals surface area contributed by atoms with E-state index in [0.29, 0.717) is 12.3 Å². The predicted octanol–water partition coefficient (Wildman–Crippen LogP) is 1.76. The fourth-order valence-corrected chi connectivity index (χ4v) is 3.97. The summed E-state index contributed by atoms with van der Waals surface area (Å²) in [6, 6.07) is 10.4. The smallest absolute Gasteiger partial charge is 0.239 e. The van der Waals surface area contributed by atoms with Crippen molar-refractivity contribution in [1.82, 2.24) is 9.80 Å². The number of benzene rings is 1. The van der Waals surface area contributed by atoms with Crippen LogP contribution < -0.4 is 5.73 Å². The number of hydrogen-bond acceptors (Lipinski definition) is 3. The molecule has 24 heavy (non-hydrogen) atoms. The SMILES string of the molecule is NC(=O)CC1CCN(C(=O)[C@H]2CCCN2Cc2ccccc2)CC1. The van der Waals surface area contributed by atoms with Gasteiger partial charge in [-0.3, -0.25) is 14.5 Å². The van der Waals surface area contributed by atoms with Crippen molar-refractivity contribution in [3.8, 4) is 0 Å². The highest BCUT2D eigenvalue weighted by molar-refractivity contribution is 5.82. The van der Waals surface area contributed by atoms with Gasteiger partial charge >= 0.3 is 0 Å². The van der Waals surface area contributed by atoms with Gasteiger partial charge in [0.05, 0.1) is 6.04 Å². The largest absolute Gasteiger partial charge is 0.370 e. The fourth-order valence-electron chi connectivity index (χ4n) is 3.97. The maximum atomic E-state index is 12.9. The molecule has 5 heteroatoms. The molecule has 0 saturated carbocycles. The molecular formula is C19H27N3O2. The topological polar surface area (TPSA) is 66.6 Å². The van der Waals surface area contributed by atoms with Gasteiger partial charge in [-0.1, -0.05) is 30.3 Å². The lowest BCUT2D eigenvalue weighted by Crippen LogP contribution is -2.48. The molecule has 130 valence electrons. The van der Waals surface area contributed by atoms with Crippen LogP contribution >= 0.6 is 0 Å². The molecule has 2 heterocycles. The quantitative estimate of drug-likeness (QED) is 0.895. The van der Waals surface area contributed by atoms with Gasteiger partial charge in [0.15, 0.2) is 0 Å². The zero-order valence-electron chi connectivity index (χ0n) is 14.2. The molecule has 1 aromatic carbocycles. The van der Waals surface area contributed by atoms with E-state index in [9.17, 15) is 9.59 Å². The summed E-state index contributed by atoms with van der Waals surface area (Å²) in [7, 11) is 0. The molecule has 0 radical (unpaired) electrons. The van der Waals surface area contributed by atoms with E-state index < -0.39 is 0 Å². The van der Waals surface area contributed by atoms with Crippen molar-refractivity contribution in [3.05, 3.63) is 35.9 Å². The van der Waals surface area contributed by atoms with Crippen molar-refractivity contribution in [2.24, 2.45) is 11.7 Å². The number of likely N-dealkylation sites (tertiary alicyclic amines) is 2. The van der Waals surface area contributed by atoms with Crippen LogP contribution in [0.15, 0.2) is 30.3 Å². The van der Waals surface area contributed by atoms with Crippen LogP contribution in [-0.2, 0) is 16.1 Å². The molecule has 0 aliphatic carbocycles. The lowest BCUT2D eigenvalue weighted by molar-refractivity contribution is -0.137. The standard InChI is InChI=1S/C19H27N3O2/c20-18(23)13-15-8-11-21(12-9-15)19(24)17-7-4-10-22(17)14-16-5-2-1-3-6-16/h1-3,5-6,15,17H,4,7-14H2,(H2,20,23)/t17-/m1/s1. The highest BCUT2D eigenvalue weighted by Gasteiger charge is 2.35. The van der Waals surface area contributed by atoms with Crippen molar-refractivity contribution >= 4 is 11.8 Å². The van der Waals surface area contributed by atoms with Crippen LogP contribution in [0.5, 0.6) is 0 Å². The van der Waals surface area contributed by atoms with E-state index in [-0.39, 0.29) is 17.9 Å². The Morgan fingerprint density at radius 2 is 1.75 bits per heavy atom. The zero-order chi connectivity index (χ0) is 16.9. The Kier molecular flexibility index (Phi) is 5.51. The van der Waals surface area contributed by atoms with Gasteiger partial charge in [0.25, 0.3) is 0 Å². The van der Waals surface area contributed by atoms with Gasteiger partial charge in [-0.2, -0.15) is 0 Å². The van der Waals surface area contributed by atoms with Crippen molar-refractivity contribution in [2.45, 2.75) is 44.7 Å². The summed E-state index contributed by atoms with van der Waals surface area (Å²) in [5.41, 5.74) is 6.54. The normalized spacial score (nSPS) is 22.7. The molecule has 2 saturated heterocycles. The van der Waals surface area contributed by atoms with Gasteiger partial charge in [0.2, 0.25) is 11.8 Å². The summed E-state index contributed by atoms with van der Waals surface area (Å²) < 4.78 is 0. The molecule has 0 aromatic heterocycles. The van der Waals surface area contributed by atoms with Crippen LogP contribution in [0.4, 0.5) is 0 Å². The third-order valence-corrected chi connectivity index (χ3v) is 5.29. The Labute approximate surface area is 143 Å². The Morgan fingerprint density at radius 1 is 1.04 bits per heavy atom. The first kappa shape index (κ1) is 17.0. The number of nitrogens with two attached hydrogens (primary N) is 1. The third kappa shape index (κ3) is 4.15. The maximum absolute atomic E-state index is 12.9. The van der Waals surface area contributed by atoms with E-state index in [1.807, 2.05) is 23.1 Å². The Morgan fingerprint density at radius 3 is 2.42 bits per heavy atom. The van der Waals surface area contributed by atoms with Gasteiger partial charge in [-0.05, 0) is 43.7 Å². The molecule has 1 aromatic rings. The minimum atomic E-state index is -0.232. The summed E-state index contributed by atoms with van der Waals surface area (Å²) in [5.74, 6) is 0.376. The number of primary amides is 1. The van der Waals surface area contributed by atoms with E-state index in [2.05, 4.69) is 17.0 Å². The third-order valence-electron chi connectivity index (χ3n) is 5.29. The Hall–Kier alpha value is -1.88. The maximum Gasteiger partial charge on any atom is 0.239 e. The number of carbonyl (C=O) groups excluding carboxylic acids is 2. The van der Waals surface area contributed by atoms with Crippen LogP contribution in [-0.4, -0.2) is 47.3 Å². The van der Waals surface area contributed by atoms with Gasteiger partial charge in [-0.25, -0.2) is 0 Å². The molecule has 1 atom stereocenters. The first-order valence-electron chi connectivity index (χ1n) is 8.98. The van der Waals surface area contributed by atoms with Crippen LogP contribution in [0, 0.1) is 5.92 Å². The van der Waals surface area contributed by atoms with E-state index in [1.54, 1.807) is 0 Å². The summed E-state index contributed by atoms with van der Waals surface area (Å²) in [6.45, 7) is 3.34. The monoisotopic (exact) mass is 329 g/mol. The number of piperidine rings is 1. The fraction of sp³-hybridized carbons (Fsp3) is 0.579. The molecule has 2 aliphatic rings. The minimum absolute atomic E-state index is 0.0119.